The molecule has 0 N–H and O–H groups in total. The molecular formula is C18H29N3. The maximum Gasteiger partial charge on any atom is 0.0366 e. The zero-order valence-electron chi connectivity index (χ0n) is 13.4. The lowest BCUT2D eigenvalue weighted by Gasteiger charge is -2.32. The molecule has 0 amide bonds. The van der Waals surface area contributed by atoms with Gasteiger partial charge in [0, 0.05) is 45.0 Å². The van der Waals surface area contributed by atoms with E-state index in [1.807, 2.05) is 0 Å². The first kappa shape index (κ1) is 14.9. The van der Waals surface area contributed by atoms with Crippen LogP contribution < -0.4 is 4.90 Å². The highest BCUT2D eigenvalue weighted by Crippen LogP contribution is 2.20. The van der Waals surface area contributed by atoms with Gasteiger partial charge >= 0.3 is 0 Å². The van der Waals surface area contributed by atoms with Crippen molar-refractivity contribution >= 4 is 5.69 Å². The van der Waals surface area contributed by atoms with Crippen LogP contribution in [0, 0.1) is 0 Å². The number of rotatable bonds is 5. The van der Waals surface area contributed by atoms with Gasteiger partial charge in [-0.15, -0.1) is 0 Å². The first-order chi connectivity index (χ1) is 10.3. The zero-order valence-corrected chi connectivity index (χ0v) is 13.4. The van der Waals surface area contributed by atoms with Crippen LogP contribution in [-0.2, 0) is 6.42 Å². The lowest BCUT2D eigenvalue weighted by Crippen LogP contribution is -2.44. The van der Waals surface area contributed by atoms with Crippen LogP contribution in [-0.4, -0.2) is 62.7 Å². The molecule has 3 nitrogen and oxygen atoms in total. The summed E-state index contributed by atoms with van der Waals surface area (Å²) in [7, 11) is 2.22. The normalized spacial score (nSPS) is 21.1. The fourth-order valence-corrected chi connectivity index (χ4v) is 3.43. The second kappa shape index (κ2) is 7.28. The minimum Gasteiger partial charge on any atom is -0.372 e. The van der Waals surface area contributed by atoms with Gasteiger partial charge in [-0.1, -0.05) is 12.1 Å². The molecule has 0 radical (unpaired) electrons. The Morgan fingerprint density at radius 3 is 2.19 bits per heavy atom. The highest BCUT2D eigenvalue weighted by Gasteiger charge is 2.13. The van der Waals surface area contributed by atoms with Crippen LogP contribution in [0.1, 0.15) is 24.8 Å². The van der Waals surface area contributed by atoms with Gasteiger partial charge in [0.2, 0.25) is 0 Å². The monoisotopic (exact) mass is 287 g/mol. The quantitative estimate of drug-likeness (QED) is 0.824. The van der Waals surface area contributed by atoms with Gasteiger partial charge < -0.3 is 14.7 Å². The van der Waals surface area contributed by atoms with E-state index in [9.17, 15) is 0 Å². The maximum atomic E-state index is 2.61. The summed E-state index contributed by atoms with van der Waals surface area (Å²) in [4.78, 5) is 7.54. The number of aryl methyl sites for hydroxylation is 1. The summed E-state index contributed by atoms with van der Waals surface area (Å²) in [5, 5.41) is 0. The Hall–Kier alpha value is -1.06. The fourth-order valence-electron chi connectivity index (χ4n) is 3.43. The van der Waals surface area contributed by atoms with Crippen molar-refractivity contribution in [3.8, 4) is 0 Å². The van der Waals surface area contributed by atoms with Gasteiger partial charge in [0.05, 0.1) is 0 Å². The fraction of sp³-hybridized carbons (Fsp3) is 0.667. The molecule has 2 aliphatic heterocycles. The predicted octanol–water partition coefficient (Wildman–Crippen LogP) is 2.47. The van der Waals surface area contributed by atoms with Gasteiger partial charge in [-0.3, -0.25) is 0 Å². The van der Waals surface area contributed by atoms with Crippen LogP contribution in [0.25, 0.3) is 0 Å². The Bertz CT molecular complexity index is 415. The van der Waals surface area contributed by atoms with Crippen molar-refractivity contribution in [2.24, 2.45) is 0 Å². The third kappa shape index (κ3) is 4.21. The van der Waals surface area contributed by atoms with Gasteiger partial charge in [-0.25, -0.2) is 0 Å². The Labute approximate surface area is 129 Å². The molecule has 0 spiro atoms. The van der Waals surface area contributed by atoms with Crippen LogP contribution in [0.4, 0.5) is 5.69 Å². The van der Waals surface area contributed by atoms with E-state index in [2.05, 4.69) is 46.0 Å². The lowest BCUT2D eigenvalue weighted by molar-refractivity contribution is 0.153. The molecule has 2 saturated heterocycles. The Morgan fingerprint density at radius 2 is 1.52 bits per heavy atom. The molecule has 116 valence electrons. The van der Waals surface area contributed by atoms with Gasteiger partial charge in [0.25, 0.3) is 0 Å². The van der Waals surface area contributed by atoms with E-state index in [0.717, 1.165) is 0 Å². The molecule has 0 bridgehead atoms. The molecule has 21 heavy (non-hydrogen) atoms. The van der Waals surface area contributed by atoms with Gasteiger partial charge in [-0.2, -0.15) is 0 Å². The van der Waals surface area contributed by atoms with Gasteiger partial charge in [-0.05, 0) is 57.0 Å². The first-order valence-electron chi connectivity index (χ1n) is 8.56. The highest BCUT2D eigenvalue weighted by atomic mass is 15.2. The summed E-state index contributed by atoms with van der Waals surface area (Å²) in [5.74, 6) is 0. The molecule has 0 saturated carbocycles. The molecule has 3 rings (SSSR count). The van der Waals surface area contributed by atoms with Crippen LogP contribution in [0.2, 0.25) is 0 Å². The molecule has 2 aliphatic rings. The molecule has 3 heteroatoms. The summed E-state index contributed by atoms with van der Waals surface area (Å²) < 4.78 is 0. The van der Waals surface area contributed by atoms with E-state index in [1.165, 1.54) is 82.7 Å². The van der Waals surface area contributed by atoms with E-state index in [1.54, 1.807) is 0 Å². The van der Waals surface area contributed by atoms with Crippen molar-refractivity contribution in [1.82, 2.24) is 9.80 Å². The molecule has 0 atom stereocenters. The largest absolute Gasteiger partial charge is 0.372 e. The number of anilines is 1. The predicted molar refractivity (Wildman–Crippen MR) is 90.1 cm³/mol. The standard InChI is InChI=1S/C18H29N3/c1-19-13-15-20(16-14-19)10-4-5-17-6-8-18(9-7-17)21-11-2-3-12-21/h6-9H,2-5,10-16H2,1H3. The molecule has 2 heterocycles. The minimum atomic E-state index is 1.21. The van der Waals surface area contributed by atoms with Crippen LogP contribution in [0.15, 0.2) is 24.3 Å². The molecule has 0 aromatic heterocycles. The smallest absolute Gasteiger partial charge is 0.0366 e. The molecular weight excluding hydrogens is 258 g/mol. The van der Waals surface area contributed by atoms with E-state index in [0.29, 0.717) is 0 Å². The number of hydrogen-bond donors (Lipinski definition) is 0. The lowest BCUT2D eigenvalue weighted by atomic mass is 10.1. The minimum absolute atomic E-state index is 1.21. The molecule has 2 fully saturated rings. The van der Waals surface area contributed by atoms with Crippen molar-refractivity contribution in [2.45, 2.75) is 25.7 Å². The summed E-state index contributed by atoms with van der Waals surface area (Å²) >= 11 is 0. The number of piperazine rings is 1. The van der Waals surface area contributed by atoms with Crippen LogP contribution >= 0.6 is 0 Å². The number of benzene rings is 1. The average Bonchev–Trinajstić information content (AvgIpc) is 3.04. The van der Waals surface area contributed by atoms with Gasteiger partial charge in [0.15, 0.2) is 0 Å². The third-order valence-corrected chi connectivity index (χ3v) is 4.94. The maximum absolute atomic E-state index is 2.61. The van der Waals surface area contributed by atoms with Crippen molar-refractivity contribution in [3.05, 3.63) is 29.8 Å². The summed E-state index contributed by atoms with van der Waals surface area (Å²) in [6.07, 6.45) is 5.21. The van der Waals surface area contributed by atoms with E-state index < -0.39 is 0 Å². The van der Waals surface area contributed by atoms with Crippen LogP contribution in [0.5, 0.6) is 0 Å². The van der Waals surface area contributed by atoms with Crippen LogP contribution in [0.3, 0.4) is 0 Å². The highest BCUT2D eigenvalue weighted by molar-refractivity contribution is 5.48. The van der Waals surface area contributed by atoms with E-state index >= 15 is 0 Å². The number of nitrogens with zero attached hydrogens (tertiary/aromatic N) is 3. The van der Waals surface area contributed by atoms with E-state index in [4.69, 9.17) is 0 Å². The number of hydrogen-bond acceptors (Lipinski definition) is 3. The Balaban J connectivity index is 1.41. The Morgan fingerprint density at radius 1 is 0.857 bits per heavy atom. The van der Waals surface area contributed by atoms with Crippen molar-refractivity contribution in [2.75, 3.05) is 57.8 Å². The number of likely N-dealkylation sites (N-methyl/N-ethyl adjacent to an activating group) is 1. The zero-order chi connectivity index (χ0) is 14.5. The second-order valence-electron chi connectivity index (χ2n) is 6.61. The van der Waals surface area contributed by atoms with E-state index in [-0.39, 0.29) is 0 Å². The third-order valence-electron chi connectivity index (χ3n) is 4.94. The summed E-state index contributed by atoms with van der Waals surface area (Å²) in [5.41, 5.74) is 2.90. The topological polar surface area (TPSA) is 9.72 Å². The van der Waals surface area contributed by atoms with Crippen molar-refractivity contribution in [3.63, 3.8) is 0 Å². The molecule has 1 aromatic carbocycles. The molecule has 0 unspecified atom stereocenters. The SMILES string of the molecule is CN1CCN(CCCc2ccc(N3CCCC3)cc2)CC1. The Kier molecular flexibility index (Phi) is 5.15. The summed E-state index contributed by atoms with van der Waals surface area (Å²) in [6.45, 7) is 8.66. The summed E-state index contributed by atoms with van der Waals surface area (Å²) in [6, 6.07) is 9.29. The molecule has 0 aliphatic carbocycles. The average molecular weight is 287 g/mol. The second-order valence-corrected chi connectivity index (χ2v) is 6.61. The first-order valence-corrected chi connectivity index (χ1v) is 8.56. The van der Waals surface area contributed by atoms with Crippen molar-refractivity contribution in [1.29, 1.82) is 0 Å². The van der Waals surface area contributed by atoms with Crippen molar-refractivity contribution < 1.29 is 0 Å². The van der Waals surface area contributed by atoms with Gasteiger partial charge in [0.1, 0.15) is 0 Å². The molecule has 1 aromatic rings.